The number of ketones is 1. The van der Waals surface area contributed by atoms with Crippen LogP contribution in [0.1, 0.15) is 21.7 Å². The van der Waals surface area contributed by atoms with Crippen LogP contribution in [0.15, 0.2) is 36.7 Å². The number of hydrogen-bond donors (Lipinski definition) is 0. The number of halogens is 1. The lowest BCUT2D eigenvalue weighted by Gasteiger charge is -2.01. The molecule has 0 saturated carbocycles. The Kier molecular flexibility index (Phi) is 2.97. The molecule has 0 spiro atoms. The molecule has 3 nitrogen and oxygen atoms in total. The summed E-state index contributed by atoms with van der Waals surface area (Å²) >= 11 is 5.92. The second kappa shape index (κ2) is 4.41. The van der Waals surface area contributed by atoms with Gasteiger partial charge in [-0.2, -0.15) is 0 Å². The van der Waals surface area contributed by atoms with Crippen molar-refractivity contribution in [3.8, 4) is 0 Å². The molecule has 0 amide bonds. The van der Waals surface area contributed by atoms with Crippen molar-refractivity contribution >= 4 is 17.4 Å². The molecule has 1 aromatic carbocycles. The van der Waals surface area contributed by atoms with E-state index in [0.717, 1.165) is 5.56 Å². The zero-order chi connectivity index (χ0) is 11.5. The molecule has 0 N–H and O–H groups in total. The number of benzene rings is 1. The Morgan fingerprint density at radius 3 is 2.44 bits per heavy atom. The molecule has 0 aliphatic carbocycles. The quantitative estimate of drug-likeness (QED) is 0.748. The maximum Gasteiger partial charge on any atom is 0.231 e. The van der Waals surface area contributed by atoms with Crippen LogP contribution in [0.25, 0.3) is 0 Å². The van der Waals surface area contributed by atoms with Gasteiger partial charge in [0.1, 0.15) is 0 Å². The molecule has 0 radical (unpaired) electrons. The van der Waals surface area contributed by atoms with E-state index < -0.39 is 0 Å². The largest absolute Gasteiger partial charge is 0.285 e. The van der Waals surface area contributed by atoms with Gasteiger partial charge < -0.3 is 0 Å². The van der Waals surface area contributed by atoms with Gasteiger partial charge in [-0.15, -0.1) is 0 Å². The van der Waals surface area contributed by atoms with E-state index in [4.69, 9.17) is 11.6 Å². The number of aryl methyl sites for hydroxylation is 1. The highest BCUT2D eigenvalue weighted by atomic mass is 35.5. The maximum absolute atomic E-state index is 12.0. The summed E-state index contributed by atoms with van der Waals surface area (Å²) in [6, 6.07) is 6.86. The van der Waals surface area contributed by atoms with Gasteiger partial charge in [0, 0.05) is 18.0 Å². The number of nitrogens with zero attached hydrogens (tertiary/aromatic N) is 2. The normalized spacial score (nSPS) is 10.1. The Labute approximate surface area is 98.1 Å². The lowest BCUT2D eigenvalue weighted by Crippen LogP contribution is -2.07. The van der Waals surface area contributed by atoms with Gasteiger partial charge >= 0.3 is 0 Å². The first-order valence-corrected chi connectivity index (χ1v) is 5.14. The van der Waals surface area contributed by atoms with E-state index in [2.05, 4.69) is 9.97 Å². The molecule has 0 aliphatic heterocycles. The molecular weight excluding hydrogens is 224 g/mol. The van der Waals surface area contributed by atoms with E-state index in [1.807, 2.05) is 6.92 Å². The van der Waals surface area contributed by atoms with Crippen LogP contribution in [0, 0.1) is 6.92 Å². The summed E-state index contributed by atoms with van der Waals surface area (Å²) in [7, 11) is 0. The summed E-state index contributed by atoms with van der Waals surface area (Å²) in [6.07, 6.45) is 3.22. The van der Waals surface area contributed by atoms with Gasteiger partial charge in [-0.05, 0) is 24.6 Å². The van der Waals surface area contributed by atoms with Crippen molar-refractivity contribution in [1.29, 1.82) is 0 Å². The summed E-state index contributed by atoms with van der Waals surface area (Å²) in [5.41, 5.74) is 1.34. The molecule has 2 rings (SSSR count). The molecule has 2 aromatic rings. The van der Waals surface area contributed by atoms with E-state index in [9.17, 15) is 4.79 Å². The molecule has 80 valence electrons. The fourth-order valence-corrected chi connectivity index (χ4v) is 1.50. The van der Waals surface area contributed by atoms with Gasteiger partial charge in [-0.25, -0.2) is 9.97 Å². The average Bonchev–Trinajstić information content (AvgIpc) is 2.30. The van der Waals surface area contributed by atoms with Crippen LogP contribution in [-0.4, -0.2) is 15.8 Å². The highest BCUT2D eigenvalue weighted by Crippen LogP contribution is 2.17. The third-order valence-electron chi connectivity index (χ3n) is 2.10. The Bertz CT molecular complexity index is 523. The summed E-state index contributed by atoms with van der Waals surface area (Å²) in [6.45, 7) is 1.86. The lowest BCUT2D eigenvalue weighted by molar-refractivity contribution is 0.102. The van der Waals surface area contributed by atoms with Crippen LogP contribution in [0.3, 0.4) is 0 Å². The van der Waals surface area contributed by atoms with Crippen LogP contribution >= 0.6 is 11.6 Å². The fraction of sp³-hybridized carbons (Fsp3) is 0.0833. The molecule has 0 fully saturated rings. The van der Waals surface area contributed by atoms with Crippen LogP contribution in [0.4, 0.5) is 0 Å². The first kappa shape index (κ1) is 10.8. The third kappa shape index (κ3) is 2.09. The highest BCUT2D eigenvalue weighted by molar-refractivity contribution is 6.34. The predicted octanol–water partition coefficient (Wildman–Crippen LogP) is 2.67. The van der Waals surface area contributed by atoms with Crippen LogP contribution in [-0.2, 0) is 0 Å². The molecule has 16 heavy (non-hydrogen) atoms. The van der Waals surface area contributed by atoms with E-state index in [-0.39, 0.29) is 11.6 Å². The average molecular weight is 233 g/mol. The van der Waals surface area contributed by atoms with Crippen molar-refractivity contribution < 1.29 is 4.79 Å². The number of carbonyl (C=O) groups excluding carboxylic acids is 1. The monoisotopic (exact) mass is 232 g/mol. The van der Waals surface area contributed by atoms with Gasteiger partial charge in [0.15, 0.2) is 0 Å². The molecule has 0 saturated heterocycles. The van der Waals surface area contributed by atoms with Crippen molar-refractivity contribution in [2.45, 2.75) is 6.92 Å². The summed E-state index contributed by atoms with van der Waals surface area (Å²) in [5, 5.41) is 0.414. The molecule has 1 heterocycles. The Morgan fingerprint density at radius 2 is 1.81 bits per heavy atom. The summed E-state index contributed by atoms with van der Waals surface area (Å²) in [5.74, 6) is -0.0932. The first-order chi connectivity index (χ1) is 7.68. The number of carbonyl (C=O) groups is 1. The minimum Gasteiger partial charge on any atom is -0.285 e. The Balaban J connectivity index is 2.40. The first-order valence-electron chi connectivity index (χ1n) is 4.76. The second-order valence-corrected chi connectivity index (χ2v) is 3.80. The maximum atomic E-state index is 12.0. The zero-order valence-electron chi connectivity index (χ0n) is 8.64. The highest BCUT2D eigenvalue weighted by Gasteiger charge is 2.14. The molecule has 0 aliphatic rings. The minimum absolute atomic E-state index is 0.165. The van der Waals surface area contributed by atoms with Gasteiger partial charge in [-0.3, -0.25) is 4.79 Å². The van der Waals surface area contributed by atoms with E-state index >= 15 is 0 Å². The zero-order valence-corrected chi connectivity index (χ0v) is 9.40. The van der Waals surface area contributed by atoms with Gasteiger partial charge in [-0.1, -0.05) is 23.7 Å². The third-order valence-corrected chi connectivity index (χ3v) is 2.43. The lowest BCUT2D eigenvalue weighted by atomic mass is 10.1. The summed E-state index contributed by atoms with van der Waals surface area (Å²) in [4.78, 5) is 19.9. The van der Waals surface area contributed by atoms with Crippen molar-refractivity contribution in [3.63, 3.8) is 0 Å². The van der Waals surface area contributed by atoms with E-state index in [1.165, 1.54) is 0 Å². The van der Waals surface area contributed by atoms with E-state index in [0.29, 0.717) is 10.6 Å². The molecule has 0 atom stereocenters. The van der Waals surface area contributed by atoms with Gasteiger partial charge in [0.05, 0.1) is 5.02 Å². The Hall–Kier alpha value is -1.74. The van der Waals surface area contributed by atoms with Crippen LogP contribution < -0.4 is 0 Å². The topological polar surface area (TPSA) is 42.9 Å². The number of aromatic nitrogens is 2. The standard InChI is InChI=1S/C12H9ClN2O/c1-8-6-14-12(15-7-8)11(16)9-4-2-3-5-10(9)13/h2-7H,1H3. The van der Waals surface area contributed by atoms with Gasteiger partial charge in [0.2, 0.25) is 11.6 Å². The fourth-order valence-electron chi connectivity index (χ4n) is 1.28. The summed E-state index contributed by atoms with van der Waals surface area (Å²) < 4.78 is 0. The predicted molar refractivity (Wildman–Crippen MR) is 61.7 cm³/mol. The Morgan fingerprint density at radius 1 is 1.19 bits per heavy atom. The molecule has 4 heteroatoms. The molecular formula is C12H9ClN2O. The number of rotatable bonds is 2. The van der Waals surface area contributed by atoms with Crippen molar-refractivity contribution in [2.24, 2.45) is 0 Å². The second-order valence-electron chi connectivity index (χ2n) is 3.39. The smallest absolute Gasteiger partial charge is 0.231 e. The van der Waals surface area contributed by atoms with Crippen molar-refractivity contribution in [3.05, 3.63) is 58.6 Å². The SMILES string of the molecule is Cc1cnc(C(=O)c2ccccc2Cl)nc1. The number of hydrogen-bond acceptors (Lipinski definition) is 3. The molecule has 0 unspecified atom stereocenters. The minimum atomic E-state index is -0.259. The van der Waals surface area contributed by atoms with E-state index in [1.54, 1.807) is 36.7 Å². The molecule has 0 bridgehead atoms. The van der Waals surface area contributed by atoms with Crippen molar-refractivity contribution in [1.82, 2.24) is 9.97 Å². The van der Waals surface area contributed by atoms with Crippen LogP contribution in [0.5, 0.6) is 0 Å². The molecule has 1 aromatic heterocycles. The van der Waals surface area contributed by atoms with Crippen LogP contribution in [0.2, 0.25) is 5.02 Å². The van der Waals surface area contributed by atoms with Gasteiger partial charge in [0.25, 0.3) is 0 Å². The van der Waals surface area contributed by atoms with Crippen molar-refractivity contribution in [2.75, 3.05) is 0 Å².